The minimum Gasteiger partial charge on any atom is -0.345 e. The van der Waals surface area contributed by atoms with Crippen LogP contribution in [0.25, 0.3) is 15.9 Å². The van der Waals surface area contributed by atoms with Crippen LogP contribution in [0.4, 0.5) is 9.52 Å². The molecule has 0 aliphatic carbocycles. The lowest BCUT2D eigenvalue weighted by Crippen LogP contribution is -2.48. The molecule has 1 aliphatic rings. The average molecular weight is 422 g/mol. The molecule has 1 fully saturated rings. The van der Waals surface area contributed by atoms with Crippen LogP contribution in [-0.2, 0) is 0 Å². The molecule has 8 heteroatoms. The Labute approximate surface area is 177 Å². The monoisotopic (exact) mass is 421 g/mol. The van der Waals surface area contributed by atoms with Gasteiger partial charge in [0.25, 0.3) is 5.91 Å². The summed E-state index contributed by atoms with van der Waals surface area (Å²) in [4.78, 5) is 21.7. The Morgan fingerprint density at radius 1 is 1.07 bits per heavy atom. The van der Waals surface area contributed by atoms with E-state index in [4.69, 9.17) is 0 Å². The fourth-order valence-corrected chi connectivity index (χ4v) is 4.78. The van der Waals surface area contributed by atoms with Crippen LogP contribution in [0.15, 0.2) is 54.7 Å². The first-order chi connectivity index (χ1) is 14.6. The first-order valence-electron chi connectivity index (χ1n) is 9.80. The highest BCUT2D eigenvalue weighted by molar-refractivity contribution is 7.22. The molecule has 2 aromatic carbocycles. The minimum atomic E-state index is -0.250. The summed E-state index contributed by atoms with van der Waals surface area (Å²) >= 11 is 1.49. The number of hydrogen-bond acceptors (Lipinski definition) is 5. The van der Waals surface area contributed by atoms with E-state index in [0.29, 0.717) is 31.7 Å². The number of aromatic nitrogens is 3. The summed E-state index contributed by atoms with van der Waals surface area (Å²) in [5.74, 6) is -0.250. The number of halogens is 1. The minimum absolute atomic E-state index is 0.000650. The molecule has 2 aromatic heterocycles. The highest BCUT2D eigenvalue weighted by atomic mass is 32.1. The van der Waals surface area contributed by atoms with Gasteiger partial charge < -0.3 is 9.80 Å². The number of para-hydroxylation sites is 1. The van der Waals surface area contributed by atoms with Gasteiger partial charge in [0.05, 0.1) is 33.4 Å². The van der Waals surface area contributed by atoms with Crippen molar-refractivity contribution in [3.05, 3.63) is 71.8 Å². The summed E-state index contributed by atoms with van der Waals surface area (Å²) in [5.41, 5.74) is 3.20. The van der Waals surface area contributed by atoms with Gasteiger partial charge in [0.15, 0.2) is 5.13 Å². The van der Waals surface area contributed by atoms with Gasteiger partial charge in [0.1, 0.15) is 5.82 Å². The third kappa shape index (κ3) is 3.33. The number of rotatable bonds is 3. The van der Waals surface area contributed by atoms with Gasteiger partial charge in [0.2, 0.25) is 0 Å². The molecule has 4 aromatic rings. The molecule has 152 valence electrons. The lowest BCUT2D eigenvalue weighted by atomic mass is 10.2. The number of carbonyl (C=O) groups excluding carboxylic acids is 1. The summed E-state index contributed by atoms with van der Waals surface area (Å²) in [5, 5.41) is 5.29. The molecule has 30 heavy (non-hydrogen) atoms. The Kier molecular flexibility index (Phi) is 4.71. The fourth-order valence-electron chi connectivity index (χ4n) is 3.74. The second-order valence-corrected chi connectivity index (χ2v) is 8.29. The average Bonchev–Trinajstić information content (AvgIpc) is 3.37. The summed E-state index contributed by atoms with van der Waals surface area (Å²) in [6.45, 7) is 4.53. The maximum absolute atomic E-state index is 13.4. The molecule has 5 rings (SSSR count). The number of nitrogens with zero attached hydrogens (tertiary/aromatic N) is 5. The molecular formula is C22H20FN5OS. The molecule has 0 radical (unpaired) electrons. The summed E-state index contributed by atoms with van der Waals surface area (Å²) < 4.78 is 16.1. The van der Waals surface area contributed by atoms with E-state index < -0.39 is 0 Å². The van der Waals surface area contributed by atoms with E-state index in [1.807, 2.05) is 42.2 Å². The second kappa shape index (κ2) is 7.53. The Bertz CT molecular complexity index is 1210. The SMILES string of the molecule is Cc1c(C(=O)N2CCN(c3nc4ccc(F)cc4s3)CC2)cnn1-c1ccccc1. The van der Waals surface area contributed by atoms with Crippen molar-refractivity contribution in [2.24, 2.45) is 0 Å². The Morgan fingerprint density at radius 3 is 2.60 bits per heavy atom. The van der Waals surface area contributed by atoms with E-state index >= 15 is 0 Å². The second-order valence-electron chi connectivity index (χ2n) is 7.28. The maximum atomic E-state index is 13.4. The van der Waals surface area contributed by atoms with E-state index in [9.17, 15) is 9.18 Å². The van der Waals surface area contributed by atoms with Crippen LogP contribution in [0, 0.1) is 12.7 Å². The van der Waals surface area contributed by atoms with Gasteiger partial charge in [-0.2, -0.15) is 5.10 Å². The highest BCUT2D eigenvalue weighted by Gasteiger charge is 2.26. The van der Waals surface area contributed by atoms with Crippen LogP contribution in [0.3, 0.4) is 0 Å². The van der Waals surface area contributed by atoms with Gasteiger partial charge in [-0.05, 0) is 37.3 Å². The molecular weight excluding hydrogens is 401 g/mol. The van der Waals surface area contributed by atoms with E-state index in [2.05, 4.69) is 15.0 Å². The maximum Gasteiger partial charge on any atom is 0.257 e. The summed E-state index contributed by atoms with van der Waals surface area (Å²) in [7, 11) is 0. The third-order valence-corrected chi connectivity index (χ3v) is 6.50. The van der Waals surface area contributed by atoms with Gasteiger partial charge >= 0.3 is 0 Å². The van der Waals surface area contributed by atoms with Gasteiger partial charge in [-0.1, -0.05) is 29.5 Å². The van der Waals surface area contributed by atoms with Crippen molar-refractivity contribution in [1.29, 1.82) is 0 Å². The predicted molar refractivity (Wildman–Crippen MR) is 116 cm³/mol. The van der Waals surface area contributed by atoms with Crippen LogP contribution in [0.1, 0.15) is 16.1 Å². The van der Waals surface area contributed by atoms with E-state index in [1.54, 1.807) is 16.9 Å². The standard InChI is InChI=1S/C22H20FN5OS/c1-15-18(14-24-28(15)17-5-3-2-4-6-17)21(29)26-9-11-27(12-10-26)22-25-19-8-7-16(23)13-20(19)30-22/h2-8,13-14H,9-12H2,1H3. The van der Waals surface area contributed by atoms with Gasteiger partial charge in [-0.15, -0.1) is 0 Å². The molecule has 0 unspecified atom stereocenters. The number of benzene rings is 2. The molecule has 1 saturated heterocycles. The Balaban J connectivity index is 1.29. The molecule has 6 nitrogen and oxygen atoms in total. The Morgan fingerprint density at radius 2 is 1.83 bits per heavy atom. The molecule has 3 heterocycles. The van der Waals surface area contributed by atoms with Crippen LogP contribution in [-0.4, -0.2) is 51.8 Å². The summed E-state index contributed by atoms with van der Waals surface area (Å²) in [6, 6.07) is 14.5. The van der Waals surface area contributed by atoms with Gasteiger partial charge in [-0.25, -0.2) is 14.1 Å². The molecule has 0 spiro atoms. The zero-order chi connectivity index (χ0) is 20.7. The molecule has 0 bridgehead atoms. The van der Waals surface area contributed by atoms with Crippen LogP contribution < -0.4 is 4.90 Å². The van der Waals surface area contributed by atoms with Crippen molar-refractivity contribution in [2.45, 2.75) is 6.92 Å². The quantitative estimate of drug-likeness (QED) is 0.504. The Hall–Kier alpha value is -3.26. The van der Waals surface area contributed by atoms with Crippen LogP contribution in [0.5, 0.6) is 0 Å². The van der Waals surface area contributed by atoms with E-state index in [-0.39, 0.29) is 11.7 Å². The van der Waals surface area contributed by atoms with Crippen molar-refractivity contribution in [3.63, 3.8) is 0 Å². The predicted octanol–water partition coefficient (Wildman–Crippen LogP) is 3.89. The van der Waals surface area contributed by atoms with Crippen molar-refractivity contribution in [2.75, 3.05) is 31.1 Å². The zero-order valence-corrected chi connectivity index (χ0v) is 17.3. The molecule has 0 saturated carbocycles. The fraction of sp³-hybridized carbons (Fsp3) is 0.227. The van der Waals surface area contributed by atoms with E-state index in [0.717, 1.165) is 26.7 Å². The molecule has 0 N–H and O–H groups in total. The van der Waals surface area contributed by atoms with Crippen molar-refractivity contribution in [3.8, 4) is 5.69 Å². The van der Waals surface area contributed by atoms with Crippen LogP contribution >= 0.6 is 11.3 Å². The topological polar surface area (TPSA) is 54.3 Å². The smallest absolute Gasteiger partial charge is 0.257 e. The largest absolute Gasteiger partial charge is 0.345 e. The number of hydrogen-bond donors (Lipinski definition) is 0. The number of piperazine rings is 1. The number of thiazole rings is 1. The first-order valence-corrected chi connectivity index (χ1v) is 10.6. The van der Waals surface area contributed by atoms with Gasteiger partial charge in [-0.3, -0.25) is 4.79 Å². The normalized spacial score (nSPS) is 14.5. The van der Waals surface area contributed by atoms with Crippen molar-refractivity contribution >= 4 is 32.6 Å². The lowest BCUT2D eigenvalue weighted by Gasteiger charge is -2.34. The number of fused-ring (bicyclic) bond motifs is 1. The molecule has 1 amide bonds. The highest BCUT2D eigenvalue weighted by Crippen LogP contribution is 2.30. The number of carbonyl (C=O) groups is 1. The van der Waals surface area contributed by atoms with Crippen LogP contribution in [0.2, 0.25) is 0 Å². The number of amides is 1. The first kappa shape index (κ1) is 18.7. The van der Waals surface area contributed by atoms with Gasteiger partial charge in [0, 0.05) is 26.2 Å². The van der Waals surface area contributed by atoms with Crippen molar-refractivity contribution in [1.82, 2.24) is 19.7 Å². The van der Waals surface area contributed by atoms with E-state index in [1.165, 1.54) is 23.5 Å². The molecule has 1 aliphatic heterocycles. The molecule has 0 atom stereocenters. The summed E-state index contributed by atoms with van der Waals surface area (Å²) in [6.07, 6.45) is 1.65. The van der Waals surface area contributed by atoms with Crippen molar-refractivity contribution < 1.29 is 9.18 Å². The lowest BCUT2D eigenvalue weighted by molar-refractivity contribution is 0.0746. The zero-order valence-electron chi connectivity index (χ0n) is 16.5. The number of anilines is 1. The third-order valence-electron chi connectivity index (χ3n) is 5.42.